The molecule has 86 valence electrons. The number of Topliss-reactive ketones (excluding diaryl/α,β-unsaturated/α-hetero) is 1. The van der Waals surface area contributed by atoms with Gasteiger partial charge in [0.2, 0.25) is 0 Å². The zero-order valence-corrected chi connectivity index (χ0v) is 10.1. The molecule has 2 rings (SSSR count). The van der Waals surface area contributed by atoms with E-state index < -0.39 is 0 Å². The molecule has 1 unspecified atom stereocenters. The average molecular weight is 208 g/mol. The van der Waals surface area contributed by atoms with Gasteiger partial charge < -0.3 is 0 Å². The van der Waals surface area contributed by atoms with Crippen molar-refractivity contribution in [3.05, 3.63) is 0 Å². The van der Waals surface area contributed by atoms with Crippen molar-refractivity contribution in [3.63, 3.8) is 0 Å². The molecule has 15 heavy (non-hydrogen) atoms. The fraction of sp³-hybridized carbons (Fsp3) is 0.929. The van der Waals surface area contributed by atoms with Gasteiger partial charge in [0.25, 0.3) is 0 Å². The van der Waals surface area contributed by atoms with E-state index in [-0.39, 0.29) is 0 Å². The van der Waals surface area contributed by atoms with Crippen molar-refractivity contribution in [1.82, 2.24) is 0 Å². The van der Waals surface area contributed by atoms with Crippen molar-refractivity contribution in [2.45, 2.75) is 71.1 Å². The van der Waals surface area contributed by atoms with Crippen LogP contribution in [0.25, 0.3) is 0 Å². The van der Waals surface area contributed by atoms with E-state index in [9.17, 15) is 4.79 Å². The minimum atomic E-state index is 0.412. The van der Waals surface area contributed by atoms with Crippen molar-refractivity contribution in [2.24, 2.45) is 11.3 Å². The highest BCUT2D eigenvalue weighted by Gasteiger charge is 2.42. The minimum absolute atomic E-state index is 0.412. The van der Waals surface area contributed by atoms with Crippen LogP contribution in [0.15, 0.2) is 0 Å². The zero-order chi connectivity index (χ0) is 10.7. The van der Waals surface area contributed by atoms with Gasteiger partial charge in [-0.15, -0.1) is 0 Å². The third-order valence-electron chi connectivity index (χ3n) is 4.85. The molecule has 2 aliphatic carbocycles. The molecular formula is C14H24O. The van der Waals surface area contributed by atoms with Gasteiger partial charge in [0, 0.05) is 12.3 Å². The normalized spacial score (nSPS) is 31.5. The van der Waals surface area contributed by atoms with Crippen molar-refractivity contribution in [1.29, 1.82) is 0 Å². The van der Waals surface area contributed by atoms with Crippen LogP contribution in [-0.2, 0) is 4.79 Å². The lowest BCUT2D eigenvalue weighted by Crippen LogP contribution is -2.38. The predicted molar refractivity (Wildman–Crippen MR) is 62.8 cm³/mol. The summed E-state index contributed by atoms with van der Waals surface area (Å²) in [5.41, 5.74) is 0.412. The molecule has 2 fully saturated rings. The fourth-order valence-corrected chi connectivity index (χ4v) is 3.83. The second-order valence-corrected chi connectivity index (χ2v) is 5.54. The van der Waals surface area contributed by atoms with Crippen molar-refractivity contribution >= 4 is 5.78 Å². The second-order valence-electron chi connectivity index (χ2n) is 5.54. The standard InChI is InChI=1S/C14H24O/c1-2-14(10-6-3-7-11-14)12-8-4-5-9-13(12)15/h12H,2-11H2,1H3. The first-order chi connectivity index (χ1) is 7.28. The summed E-state index contributed by atoms with van der Waals surface area (Å²) in [6, 6.07) is 0. The summed E-state index contributed by atoms with van der Waals surface area (Å²) >= 11 is 0. The van der Waals surface area contributed by atoms with E-state index >= 15 is 0 Å². The smallest absolute Gasteiger partial charge is 0.136 e. The Balaban J connectivity index is 2.12. The molecule has 2 aliphatic rings. The minimum Gasteiger partial charge on any atom is -0.299 e. The van der Waals surface area contributed by atoms with Gasteiger partial charge in [0.15, 0.2) is 0 Å². The number of hydrogen-bond donors (Lipinski definition) is 0. The van der Waals surface area contributed by atoms with E-state index in [1.165, 1.54) is 51.4 Å². The predicted octanol–water partition coefficient (Wildman–Crippen LogP) is 4.11. The highest BCUT2D eigenvalue weighted by Crippen LogP contribution is 2.49. The maximum atomic E-state index is 12.1. The van der Waals surface area contributed by atoms with Crippen LogP contribution in [0.4, 0.5) is 0 Å². The highest BCUT2D eigenvalue weighted by molar-refractivity contribution is 5.82. The van der Waals surface area contributed by atoms with E-state index in [1.807, 2.05) is 0 Å². The van der Waals surface area contributed by atoms with Crippen LogP contribution in [0.5, 0.6) is 0 Å². The van der Waals surface area contributed by atoms with Crippen LogP contribution >= 0.6 is 0 Å². The highest BCUT2D eigenvalue weighted by atomic mass is 16.1. The summed E-state index contributed by atoms with van der Waals surface area (Å²) in [6.07, 6.45) is 12.5. The first-order valence-electron chi connectivity index (χ1n) is 6.81. The molecule has 1 nitrogen and oxygen atoms in total. The van der Waals surface area contributed by atoms with Gasteiger partial charge in [-0.1, -0.05) is 32.6 Å². The molecule has 2 saturated carbocycles. The van der Waals surface area contributed by atoms with Gasteiger partial charge in [-0.3, -0.25) is 4.79 Å². The molecule has 0 heterocycles. The number of ketones is 1. The first-order valence-corrected chi connectivity index (χ1v) is 6.81. The molecule has 1 heteroatoms. The Morgan fingerprint density at radius 2 is 1.87 bits per heavy atom. The van der Waals surface area contributed by atoms with E-state index in [2.05, 4.69) is 6.92 Å². The van der Waals surface area contributed by atoms with Crippen LogP contribution < -0.4 is 0 Å². The molecule has 1 atom stereocenters. The maximum Gasteiger partial charge on any atom is 0.136 e. The number of hydrogen-bond acceptors (Lipinski definition) is 1. The van der Waals surface area contributed by atoms with Gasteiger partial charge >= 0.3 is 0 Å². The van der Waals surface area contributed by atoms with Gasteiger partial charge in [0.1, 0.15) is 5.78 Å². The van der Waals surface area contributed by atoms with Gasteiger partial charge in [-0.25, -0.2) is 0 Å². The molecule has 0 aromatic carbocycles. The van der Waals surface area contributed by atoms with E-state index in [4.69, 9.17) is 0 Å². The third kappa shape index (κ3) is 2.11. The molecule has 0 amide bonds. The lowest BCUT2D eigenvalue weighted by Gasteiger charge is -2.44. The van der Waals surface area contributed by atoms with Crippen LogP contribution in [0, 0.1) is 11.3 Å². The Hall–Kier alpha value is -0.330. The first kappa shape index (κ1) is 11.2. The number of carbonyl (C=O) groups is 1. The Morgan fingerprint density at radius 1 is 1.13 bits per heavy atom. The Kier molecular flexibility index (Phi) is 3.48. The van der Waals surface area contributed by atoms with E-state index in [1.54, 1.807) is 0 Å². The number of rotatable bonds is 2. The summed E-state index contributed by atoms with van der Waals surface area (Å²) < 4.78 is 0. The van der Waals surface area contributed by atoms with Gasteiger partial charge in [0.05, 0.1) is 0 Å². The summed E-state index contributed by atoms with van der Waals surface area (Å²) in [5, 5.41) is 0. The lowest BCUT2D eigenvalue weighted by molar-refractivity contribution is -0.130. The second kappa shape index (κ2) is 4.67. The van der Waals surface area contributed by atoms with Crippen molar-refractivity contribution < 1.29 is 4.79 Å². The molecule has 0 spiro atoms. The molecule has 0 aromatic heterocycles. The van der Waals surface area contributed by atoms with Crippen molar-refractivity contribution in [2.75, 3.05) is 0 Å². The largest absolute Gasteiger partial charge is 0.299 e. The van der Waals surface area contributed by atoms with E-state index in [0.29, 0.717) is 17.1 Å². The van der Waals surface area contributed by atoms with Crippen LogP contribution in [0.1, 0.15) is 71.1 Å². The summed E-state index contributed by atoms with van der Waals surface area (Å²) in [4.78, 5) is 12.1. The summed E-state index contributed by atoms with van der Waals surface area (Å²) in [6.45, 7) is 2.30. The topological polar surface area (TPSA) is 17.1 Å². The Bertz CT molecular complexity index is 225. The Labute approximate surface area is 93.6 Å². The molecule has 0 saturated heterocycles. The lowest BCUT2D eigenvalue weighted by atomic mass is 9.60. The SMILES string of the molecule is CCC1(C2CCCCC2=O)CCCCC1. The molecular weight excluding hydrogens is 184 g/mol. The monoisotopic (exact) mass is 208 g/mol. The molecule has 0 aliphatic heterocycles. The quantitative estimate of drug-likeness (QED) is 0.667. The van der Waals surface area contributed by atoms with Crippen LogP contribution in [0.3, 0.4) is 0 Å². The molecule has 0 aromatic rings. The average Bonchev–Trinajstić information content (AvgIpc) is 2.30. The summed E-state index contributed by atoms with van der Waals surface area (Å²) in [7, 11) is 0. The van der Waals surface area contributed by atoms with Gasteiger partial charge in [-0.05, 0) is 37.5 Å². The third-order valence-corrected chi connectivity index (χ3v) is 4.85. The number of carbonyl (C=O) groups excluding carboxylic acids is 1. The van der Waals surface area contributed by atoms with Gasteiger partial charge in [-0.2, -0.15) is 0 Å². The summed E-state index contributed by atoms with van der Waals surface area (Å²) in [5.74, 6) is 1.02. The fourth-order valence-electron chi connectivity index (χ4n) is 3.83. The molecule has 0 N–H and O–H groups in total. The van der Waals surface area contributed by atoms with Crippen LogP contribution in [0.2, 0.25) is 0 Å². The molecule has 0 radical (unpaired) electrons. The zero-order valence-electron chi connectivity index (χ0n) is 10.1. The molecule has 0 bridgehead atoms. The van der Waals surface area contributed by atoms with Crippen LogP contribution in [-0.4, -0.2) is 5.78 Å². The maximum absolute atomic E-state index is 12.1. The van der Waals surface area contributed by atoms with Crippen molar-refractivity contribution in [3.8, 4) is 0 Å². The van der Waals surface area contributed by atoms with E-state index in [0.717, 1.165) is 12.8 Å². The Morgan fingerprint density at radius 3 is 2.47 bits per heavy atom.